The predicted octanol–water partition coefficient (Wildman–Crippen LogP) is 4.55. The summed E-state index contributed by atoms with van der Waals surface area (Å²) in [4.78, 5) is 9.10. The Bertz CT molecular complexity index is 817. The molecular weight excluding hydrogens is 292 g/mol. The molecule has 0 spiro atoms. The van der Waals surface area contributed by atoms with Crippen molar-refractivity contribution in [3.63, 3.8) is 0 Å². The van der Waals surface area contributed by atoms with Gasteiger partial charge in [0.15, 0.2) is 0 Å². The van der Waals surface area contributed by atoms with Crippen LogP contribution in [0.1, 0.15) is 17.0 Å². The van der Waals surface area contributed by atoms with E-state index in [1.165, 1.54) is 11.1 Å². The number of ether oxygens (including phenoxy) is 1. The van der Waals surface area contributed by atoms with Crippen molar-refractivity contribution in [3.8, 4) is 5.75 Å². The molecule has 1 heterocycles. The molecule has 0 aliphatic heterocycles. The van der Waals surface area contributed by atoms with Crippen LogP contribution in [0.25, 0.3) is 10.9 Å². The minimum absolute atomic E-state index is 0.803. The Hall–Kier alpha value is -2.07. The summed E-state index contributed by atoms with van der Waals surface area (Å²) in [6.45, 7) is 4.03. The third-order valence-corrected chi connectivity index (χ3v) is 4.52. The van der Waals surface area contributed by atoms with Crippen LogP contribution >= 0.6 is 11.8 Å². The van der Waals surface area contributed by atoms with E-state index in [0.717, 1.165) is 33.3 Å². The highest BCUT2D eigenvalue weighted by atomic mass is 32.2. The topological polar surface area (TPSA) is 35.0 Å². The molecule has 3 aromatic rings. The summed E-state index contributed by atoms with van der Waals surface area (Å²) in [5.41, 5.74) is 3.42. The molecule has 1 aromatic heterocycles. The summed E-state index contributed by atoms with van der Waals surface area (Å²) in [7, 11) is 1.71. The normalized spacial score (nSPS) is 10.9. The number of para-hydroxylation sites is 1. The van der Waals surface area contributed by atoms with E-state index in [1.807, 2.05) is 31.2 Å². The first-order valence-electron chi connectivity index (χ1n) is 7.17. The van der Waals surface area contributed by atoms with Gasteiger partial charge in [-0.3, -0.25) is 0 Å². The molecule has 0 radical (unpaired) electrons. The smallest absolute Gasteiger partial charge is 0.127 e. The minimum Gasteiger partial charge on any atom is -0.496 e. The number of fused-ring (bicyclic) bond motifs is 1. The molecule has 0 amide bonds. The molecule has 0 aliphatic carbocycles. The van der Waals surface area contributed by atoms with Crippen LogP contribution in [0.3, 0.4) is 0 Å². The van der Waals surface area contributed by atoms with Crippen LogP contribution in [0.2, 0.25) is 0 Å². The number of hydrogen-bond acceptors (Lipinski definition) is 4. The second-order valence-corrected chi connectivity index (χ2v) is 6.16. The molecule has 2 aromatic carbocycles. The molecular formula is C18H18N2OS. The molecule has 0 atom stereocenters. The number of aromatic nitrogens is 2. The van der Waals surface area contributed by atoms with E-state index in [-0.39, 0.29) is 0 Å². The average Bonchev–Trinajstić information content (AvgIpc) is 2.52. The fourth-order valence-electron chi connectivity index (χ4n) is 2.43. The number of aryl methyl sites for hydroxylation is 2. The van der Waals surface area contributed by atoms with E-state index < -0.39 is 0 Å². The van der Waals surface area contributed by atoms with E-state index in [0.29, 0.717) is 0 Å². The number of rotatable bonds is 4. The summed E-state index contributed by atoms with van der Waals surface area (Å²) in [6, 6.07) is 14.4. The molecule has 4 heteroatoms. The van der Waals surface area contributed by atoms with E-state index in [2.05, 4.69) is 35.1 Å². The number of hydrogen-bond donors (Lipinski definition) is 0. The molecule has 0 unspecified atom stereocenters. The molecule has 0 bridgehead atoms. The second kappa shape index (κ2) is 6.36. The lowest BCUT2D eigenvalue weighted by atomic mass is 10.1. The van der Waals surface area contributed by atoms with Crippen molar-refractivity contribution in [1.82, 2.24) is 9.97 Å². The molecule has 22 heavy (non-hydrogen) atoms. The van der Waals surface area contributed by atoms with Crippen molar-refractivity contribution in [2.24, 2.45) is 0 Å². The lowest BCUT2D eigenvalue weighted by Crippen LogP contribution is -1.95. The lowest BCUT2D eigenvalue weighted by molar-refractivity contribution is 0.411. The number of thioether (sulfide) groups is 1. The van der Waals surface area contributed by atoms with Gasteiger partial charge >= 0.3 is 0 Å². The quantitative estimate of drug-likeness (QED) is 0.523. The minimum atomic E-state index is 0.803. The molecule has 3 nitrogen and oxygen atoms in total. The van der Waals surface area contributed by atoms with Crippen LogP contribution in [0.5, 0.6) is 5.75 Å². The van der Waals surface area contributed by atoms with Crippen LogP contribution in [-0.4, -0.2) is 17.1 Å². The maximum absolute atomic E-state index is 5.45. The second-order valence-electron chi connectivity index (χ2n) is 5.20. The van der Waals surface area contributed by atoms with Gasteiger partial charge in [0.25, 0.3) is 0 Å². The zero-order chi connectivity index (χ0) is 15.5. The number of benzene rings is 2. The first kappa shape index (κ1) is 14.9. The molecule has 3 rings (SSSR count). The Morgan fingerprint density at radius 1 is 1.05 bits per heavy atom. The van der Waals surface area contributed by atoms with E-state index in [9.17, 15) is 0 Å². The molecule has 0 aliphatic rings. The molecule has 112 valence electrons. The summed E-state index contributed by atoms with van der Waals surface area (Å²) >= 11 is 1.72. The first-order chi connectivity index (χ1) is 10.7. The summed E-state index contributed by atoms with van der Waals surface area (Å²) in [5.74, 6) is 2.55. The van der Waals surface area contributed by atoms with Crippen LogP contribution in [0.15, 0.2) is 47.5 Å². The van der Waals surface area contributed by atoms with Crippen molar-refractivity contribution in [2.45, 2.75) is 24.6 Å². The van der Waals surface area contributed by atoms with Gasteiger partial charge in [0, 0.05) is 16.7 Å². The van der Waals surface area contributed by atoms with Gasteiger partial charge in [-0.05, 0) is 26.0 Å². The van der Waals surface area contributed by atoms with Gasteiger partial charge in [0.2, 0.25) is 0 Å². The van der Waals surface area contributed by atoms with E-state index >= 15 is 0 Å². The van der Waals surface area contributed by atoms with Crippen molar-refractivity contribution >= 4 is 22.7 Å². The third-order valence-electron chi connectivity index (χ3n) is 3.48. The fraction of sp³-hybridized carbons (Fsp3) is 0.222. The van der Waals surface area contributed by atoms with Crippen molar-refractivity contribution in [2.75, 3.05) is 7.11 Å². The fourth-order valence-corrected chi connectivity index (χ4v) is 3.48. The summed E-state index contributed by atoms with van der Waals surface area (Å²) < 4.78 is 5.45. The molecule has 0 fully saturated rings. The maximum Gasteiger partial charge on any atom is 0.127 e. The highest BCUT2D eigenvalue weighted by Crippen LogP contribution is 2.31. The Morgan fingerprint density at radius 3 is 2.68 bits per heavy atom. The van der Waals surface area contributed by atoms with Gasteiger partial charge < -0.3 is 4.74 Å². The molecule has 0 saturated heterocycles. The van der Waals surface area contributed by atoms with Crippen molar-refractivity contribution in [3.05, 3.63) is 59.4 Å². The van der Waals surface area contributed by atoms with Crippen molar-refractivity contribution < 1.29 is 4.74 Å². The largest absolute Gasteiger partial charge is 0.496 e. The molecule has 0 saturated carbocycles. The van der Waals surface area contributed by atoms with Crippen molar-refractivity contribution in [1.29, 1.82) is 0 Å². The summed E-state index contributed by atoms with van der Waals surface area (Å²) in [5, 5.41) is 2.12. The number of nitrogens with zero attached hydrogens (tertiary/aromatic N) is 2. The Kier molecular flexibility index (Phi) is 4.29. The van der Waals surface area contributed by atoms with Gasteiger partial charge in [-0.25, -0.2) is 9.97 Å². The third kappa shape index (κ3) is 3.07. The zero-order valence-electron chi connectivity index (χ0n) is 13.0. The van der Waals surface area contributed by atoms with Crippen LogP contribution in [0.4, 0.5) is 0 Å². The van der Waals surface area contributed by atoms with Gasteiger partial charge in [-0.1, -0.05) is 35.9 Å². The highest BCUT2D eigenvalue weighted by Gasteiger charge is 2.09. The maximum atomic E-state index is 5.45. The zero-order valence-corrected chi connectivity index (χ0v) is 13.8. The lowest BCUT2D eigenvalue weighted by Gasteiger charge is -2.10. The predicted molar refractivity (Wildman–Crippen MR) is 91.6 cm³/mol. The standard InChI is InChI=1S/C18H18N2OS/c1-12-8-9-17(21-3)14(10-12)11-22-18-15-6-4-5-7-16(15)19-13(2)20-18/h4-10H,11H2,1-3H3. The SMILES string of the molecule is COc1ccc(C)cc1CSc1nc(C)nc2ccccc12. The van der Waals surface area contributed by atoms with E-state index in [1.54, 1.807) is 18.9 Å². The van der Waals surface area contributed by atoms with Crippen LogP contribution < -0.4 is 4.74 Å². The van der Waals surface area contributed by atoms with Gasteiger partial charge in [0.05, 0.1) is 12.6 Å². The highest BCUT2D eigenvalue weighted by molar-refractivity contribution is 7.98. The average molecular weight is 310 g/mol. The van der Waals surface area contributed by atoms with Crippen LogP contribution in [-0.2, 0) is 5.75 Å². The monoisotopic (exact) mass is 310 g/mol. The number of methoxy groups -OCH3 is 1. The summed E-state index contributed by atoms with van der Waals surface area (Å²) in [6.07, 6.45) is 0. The Balaban J connectivity index is 1.93. The van der Waals surface area contributed by atoms with Gasteiger partial charge in [-0.2, -0.15) is 0 Å². The Labute approximate surface area is 134 Å². The van der Waals surface area contributed by atoms with Gasteiger partial charge in [-0.15, -0.1) is 11.8 Å². The Morgan fingerprint density at radius 2 is 1.86 bits per heavy atom. The first-order valence-corrected chi connectivity index (χ1v) is 8.15. The van der Waals surface area contributed by atoms with E-state index in [4.69, 9.17) is 4.74 Å². The van der Waals surface area contributed by atoms with Gasteiger partial charge in [0.1, 0.15) is 16.6 Å². The molecule has 0 N–H and O–H groups in total. The van der Waals surface area contributed by atoms with Crippen LogP contribution in [0, 0.1) is 13.8 Å².